The van der Waals surface area contributed by atoms with E-state index < -0.39 is 0 Å². The predicted molar refractivity (Wildman–Crippen MR) is 58.1 cm³/mol. The number of hydrogen-bond acceptors (Lipinski definition) is 3. The Hall–Kier alpha value is -2.23. The molecule has 0 aliphatic rings. The topological polar surface area (TPSA) is 68.2 Å². The maximum absolute atomic E-state index is 11.5. The van der Waals surface area contributed by atoms with E-state index in [0.29, 0.717) is 11.4 Å². The van der Waals surface area contributed by atoms with E-state index in [1.165, 1.54) is 22.8 Å². The van der Waals surface area contributed by atoms with Crippen molar-refractivity contribution in [3.05, 3.63) is 52.8 Å². The van der Waals surface area contributed by atoms with Crippen molar-refractivity contribution in [3.63, 3.8) is 0 Å². The van der Waals surface area contributed by atoms with Gasteiger partial charge in [-0.25, -0.2) is 4.57 Å². The van der Waals surface area contributed by atoms with Gasteiger partial charge in [0, 0.05) is 11.8 Å². The van der Waals surface area contributed by atoms with Gasteiger partial charge in [-0.2, -0.15) is 0 Å². The van der Waals surface area contributed by atoms with Crippen LogP contribution in [0.2, 0.25) is 0 Å². The summed E-state index contributed by atoms with van der Waals surface area (Å²) in [6.45, 7) is 0. The minimum atomic E-state index is -0.278. The van der Waals surface area contributed by atoms with Gasteiger partial charge in [-0.1, -0.05) is 6.07 Å². The molecule has 1 aromatic carbocycles. The Bertz CT molecular complexity index is 529. The molecule has 4 nitrogen and oxygen atoms in total. The zero-order valence-electron chi connectivity index (χ0n) is 7.92. The summed E-state index contributed by atoms with van der Waals surface area (Å²) in [7, 11) is 0. The lowest BCUT2D eigenvalue weighted by molar-refractivity contribution is 0.435. The summed E-state index contributed by atoms with van der Waals surface area (Å²) in [5.41, 5.74) is 6.46. The number of nitrogens with zero attached hydrogens (tertiary/aromatic N) is 1. The zero-order valence-corrected chi connectivity index (χ0v) is 7.92. The van der Waals surface area contributed by atoms with E-state index >= 15 is 0 Å². The Kier molecular flexibility index (Phi) is 2.17. The minimum absolute atomic E-state index is 0.0905. The van der Waals surface area contributed by atoms with Crippen molar-refractivity contribution in [1.82, 2.24) is 4.57 Å². The standard InChI is InChI=1S/C11H10N2O2/c12-8-4-6-9(7-5-8)13-10(14)2-1-3-11(13)15/h1-7,14H,12H2. The summed E-state index contributed by atoms with van der Waals surface area (Å²) in [6.07, 6.45) is 0. The van der Waals surface area contributed by atoms with Gasteiger partial charge in [0.2, 0.25) is 0 Å². The molecule has 0 aliphatic heterocycles. The molecule has 0 saturated carbocycles. The summed E-state index contributed by atoms with van der Waals surface area (Å²) in [4.78, 5) is 11.5. The molecular formula is C11H10N2O2. The van der Waals surface area contributed by atoms with E-state index in [2.05, 4.69) is 0 Å². The Morgan fingerprint density at radius 3 is 2.33 bits per heavy atom. The minimum Gasteiger partial charge on any atom is -0.494 e. The summed E-state index contributed by atoms with van der Waals surface area (Å²) in [5, 5.41) is 9.55. The van der Waals surface area contributed by atoms with Gasteiger partial charge in [0.25, 0.3) is 5.56 Å². The first-order valence-electron chi connectivity index (χ1n) is 4.45. The number of rotatable bonds is 1. The average Bonchev–Trinajstić information content (AvgIpc) is 2.20. The predicted octanol–water partition coefficient (Wildman–Crippen LogP) is 1.13. The molecule has 4 heteroatoms. The lowest BCUT2D eigenvalue weighted by Gasteiger charge is -2.07. The van der Waals surface area contributed by atoms with E-state index in [9.17, 15) is 9.90 Å². The van der Waals surface area contributed by atoms with E-state index in [1.54, 1.807) is 24.3 Å². The Morgan fingerprint density at radius 2 is 1.73 bits per heavy atom. The molecule has 76 valence electrons. The Balaban J connectivity index is 2.64. The van der Waals surface area contributed by atoms with Crippen molar-refractivity contribution < 1.29 is 5.11 Å². The quantitative estimate of drug-likeness (QED) is 0.681. The molecule has 15 heavy (non-hydrogen) atoms. The highest BCUT2D eigenvalue weighted by Crippen LogP contribution is 2.14. The number of anilines is 1. The van der Waals surface area contributed by atoms with Gasteiger partial charge in [0.1, 0.15) is 0 Å². The van der Waals surface area contributed by atoms with Crippen LogP contribution in [0.5, 0.6) is 5.88 Å². The number of aromatic hydroxyl groups is 1. The van der Waals surface area contributed by atoms with E-state index in [-0.39, 0.29) is 11.4 Å². The van der Waals surface area contributed by atoms with Crippen molar-refractivity contribution in [2.24, 2.45) is 0 Å². The molecule has 0 saturated heterocycles. The number of pyridine rings is 1. The largest absolute Gasteiger partial charge is 0.494 e. The molecule has 1 aromatic heterocycles. The second kappa shape index (κ2) is 3.49. The molecule has 0 atom stereocenters. The third-order valence-electron chi connectivity index (χ3n) is 2.08. The summed E-state index contributed by atoms with van der Waals surface area (Å²) >= 11 is 0. The second-order valence-corrected chi connectivity index (χ2v) is 3.15. The molecule has 2 rings (SSSR count). The third kappa shape index (κ3) is 1.69. The number of hydrogen-bond donors (Lipinski definition) is 2. The molecule has 0 amide bonds. The monoisotopic (exact) mass is 202 g/mol. The smallest absolute Gasteiger partial charge is 0.257 e. The van der Waals surface area contributed by atoms with Crippen LogP contribution >= 0.6 is 0 Å². The summed E-state index contributed by atoms with van der Waals surface area (Å²) < 4.78 is 1.21. The first-order valence-corrected chi connectivity index (χ1v) is 4.45. The fourth-order valence-corrected chi connectivity index (χ4v) is 1.36. The van der Waals surface area contributed by atoms with Gasteiger partial charge in [-0.3, -0.25) is 4.79 Å². The third-order valence-corrected chi connectivity index (χ3v) is 2.08. The zero-order chi connectivity index (χ0) is 10.8. The van der Waals surface area contributed by atoms with Crippen LogP contribution in [0.3, 0.4) is 0 Å². The fourth-order valence-electron chi connectivity index (χ4n) is 1.36. The Morgan fingerprint density at radius 1 is 1.07 bits per heavy atom. The first kappa shape index (κ1) is 9.33. The van der Waals surface area contributed by atoms with Gasteiger partial charge in [-0.05, 0) is 30.3 Å². The van der Waals surface area contributed by atoms with Crippen LogP contribution in [0, 0.1) is 0 Å². The lowest BCUT2D eigenvalue weighted by Crippen LogP contribution is -2.16. The molecular weight excluding hydrogens is 192 g/mol. The SMILES string of the molecule is Nc1ccc(-n2c(O)cccc2=O)cc1. The maximum Gasteiger partial charge on any atom is 0.257 e. The van der Waals surface area contributed by atoms with Crippen molar-refractivity contribution in [1.29, 1.82) is 0 Å². The van der Waals surface area contributed by atoms with E-state index in [0.717, 1.165) is 0 Å². The highest BCUT2D eigenvalue weighted by Gasteiger charge is 2.03. The molecule has 3 N–H and O–H groups in total. The van der Waals surface area contributed by atoms with Crippen LogP contribution < -0.4 is 11.3 Å². The molecule has 0 unspecified atom stereocenters. The molecule has 0 radical (unpaired) electrons. The molecule has 0 aliphatic carbocycles. The van der Waals surface area contributed by atoms with Crippen molar-refractivity contribution in [3.8, 4) is 11.6 Å². The van der Waals surface area contributed by atoms with E-state index in [1.807, 2.05) is 0 Å². The molecule has 1 heterocycles. The summed E-state index contributed by atoms with van der Waals surface area (Å²) in [5.74, 6) is -0.0905. The number of benzene rings is 1. The molecule has 0 fully saturated rings. The van der Waals surface area contributed by atoms with Crippen LogP contribution in [0.25, 0.3) is 5.69 Å². The van der Waals surface area contributed by atoms with Gasteiger partial charge < -0.3 is 10.8 Å². The van der Waals surface area contributed by atoms with Crippen molar-refractivity contribution in [2.45, 2.75) is 0 Å². The van der Waals surface area contributed by atoms with Crippen LogP contribution in [-0.4, -0.2) is 9.67 Å². The van der Waals surface area contributed by atoms with Gasteiger partial charge >= 0.3 is 0 Å². The first-order chi connectivity index (χ1) is 7.18. The second-order valence-electron chi connectivity index (χ2n) is 3.15. The van der Waals surface area contributed by atoms with Crippen LogP contribution in [0.4, 0.5) is 5.69 Å². The van der Waals surface area contributed by atoms with Crippen molar-refractivity contribution >= 4 is 5.69 Å². The van der Waals surface area contributed by atoms with Gasteiger partial charge in [0.05, 0.1) is 5.69 Å². The molecule has 2 aromatic rings. The van der Waals surface area contributed by atoms with Crippen LogP contribution in [0.15, 0.2) is 47.3 Å². The number of nitrogens with two attached hydrogens (primary N) is 1. The number of aromatic nitrogens is 1. The highest BCUT2D eigenvalue weighted by atomic mass is 16.3. The summed E-state index contributed by atoms with van der Waals surface area (Å²) in [6, 6.07) is 11.1. The van der Waals surface area contributed by atoms with Gasteiger partial charge in [0.15, 0.2) is 5.88 Å². The molecule has 0 bridgehead atoms. The highest BCUT2D eigenvalue weighted by molar-refractivity contribution is 5.46. The van der Waals surface area contributed by atoms with E-state index in [4.69, 9.17) is 5.73 Å². The van der Waals surface area contributed by atoms with Crippen LogP contribution in [0.1, 0.15) is 0 Å². The maximum atomic E-state index is 11.5. The number of nitrogen functional groups attached to an aromatic ring is 1. The van der Waals surface area contributed by atoms with Crippen molar-refractivity contribution in [2.75, 3.05) is 5.73 Å². The molecule has 0 spiro atoms. The fraction of sp³-hybridized carbons (Fsp3) is 0. The average molecular weight is 202 g/mol. The lowest BCUT2D eigenvalue weighted by atomic mass is 10.3. The van der Waals surface area contributed by atoms with Crippen LogP contribution in [-0.2, 0) is 0 Å². The van der Waals surface area contributed by atoms with Gasteiger partial charge in [-0.15, -0.1) is 0 Å². The Labute approximate surface area is 86.2 Å². The normalized spacial score (nSPS) is 10.1.